The highest BCUT2D eigenvalue weighted by molar-refractivity contribution is 5.88. The maximum absolute atomic E-state index is 10.7. The molecule has 2 rings (SSSR count). The number of aromatic hydroxyl groups is 1. The minimum Gasteiger partial charge on any atom is -0.504 e. The van der Waals surface area contributed by atoms with Gasteiger partial charge in [-0.3, -0.25) is 0 Å². The number of carboxylic acids is 1. The summed E-state index contributed by atoms with van der Waals surface area (Å²) in [5.41, 5.74) is 0.923. The molecular formula is C15H14O5. The van der Waals surface area contributed by atoms with E-state index in [9.17, 15) is 9.90 Å². The van der Waals surface area contributed by atoms with Crippen LogP contribution < -0.4 is 9.47 Å². The Balaban J connectivity index is 2.04. The third-order valence-corrected chi connectivity index (χ3v) is 2.76. The summed E-state index contributed by atoms with van der Waals surface area (Å²) in [7, 11) is 1.59. The minimum absolute atomic E-state index is 0.0132. The highest BCUT2D eigenvalue weighted by atomic mass is 16.5. The summed E-state index contributed by atoms with van der Waals surface area (Å²) in [6.07, 6.45) is 0. The predicted octanol–water partition coefficient (Wildman–Crippen LogP) is 2.68. The first kappa shape index (κ1) is 13.7. The molecule has 0 atom stereocenters. The molecule has 0 aliphatic carbocycles. The van der Waals surface area contributed by atoms with Crippen LogP contribution in [0.1, 0.15) is 15.9 Å². The summed E-state index contributed by atoms with van der Waals surface area (Å²) in [5.74, 6) is -0.298. The number of carboxylic acid groups (broad SMARTS) is 1. The Morgan fingerprint density at radius 2 is 1.85 bits per heavy atom. The fourth-order valence-electron chi connectivity index (χ4n) is 1.66. The SMILES string of the molecule is COc1ccc(COc2ccc(C(=O)O)cc2O)cc1. The van der Waals surface area contributed by atoms with E-state index in [0.717, 1.165) is 17.4 Å². The first-order chi connectivity index (χ1) is 9.60. The van der Waals surface area contributed by atoms with E-state index in [0.29, 0.717) is 0 Å². The lowest BCUT2D eigenvalue weighted by Crippen LogP contribution is -1.98. The highest BCUT2D eigenvalue weighted by Crippen LogP contribution is 2.27. The van der Waals surface area contributed by atoms with Gasteiger partial charge in [0.25, 0.3) is 0 Å². The largest absolute Gasteiger partial charge is 0.504 e. The van der Waals surface area contributed by atoms with Crippen molar-refractivity contribution in [1.82, 2.24) is 0 Å². The van der Waals surface area contributed by atoms with Gasteiger partial charge in [0.15, 0.2) is 11.5 Å². The van der Waals surface area contributed by atoms with Crippen LogP contribution in [0, 0.1) is 0 Å². The molecule has 0 bridgehead atoms. The normalized spacial score (nSPS) is 10.1. The van der Waals surface area contributed by atoms with Crippen LogP contribution in [0.25, 0.3) is 0 Å². The van der Waals surface area contributed by atoms with Crippen molar-refractivity contribution in [2.24, 2.45) is 0 Å². The fourth-order valence-corrected chi connectivity index (χ4v) is 1.66. The van der Waals surface area contributed by atoms with Gasteiger partial charge in [-0.1, -0.05) is 12.1 Å². The lowest BCUT2D eigenvalue weighted by Gasteiger charge is -2.09. The van der Waals surface area contributed by atoms with Crippen LogP contribution in [-0.4, -0.2) is 23.3 Å². The Bertz CT molecular complexity index is 604. The van der Waals surface area contributed by atoms with Crippen molar-refractivity contribution in [3.63, 3.8) is 0 Å². The highest BCUT2D eigenvalue weighted by Gasteiger charge is 2.08. The molecule has 2 N–H and O–H groups in total. The molecule has 0 unspecified atom stereocenters. The van der Waals surface area contributed by atoms with Gasteiger partial charge in [-0.2, -0.15) is 0 Å². The summed E-state index contributed by atoms with van der Waals surface area (Å²) in [6, 6.07) is 11.3. The van der Waals surface area contributed by atoms with Crippen LogP contribution in [0.15, 0.2) is 42.5 Å². The van der Waals surface area contributed by atoms with Crippen molar-refractivity contribution in [3.05, 3.63) is 53.6 Å². The molecule has 0 amide bonds. The van der Waals surface area contributed by atoms with Gasteiger partial charge >= 0.3 is 5.97 Å². The summed E-state index contributed by atoms with van der Waals surface area (Å²) in [4.78, 5) is 10.7. The molecule has 0 fully saturated rings. The van der Waals surface area contributed by atoms with Crippen LogP contribution in [0.2, 0.25) is 0 Å². The molecule has 0 aliphatic rings. The van der Waals surface area contributed by atoms with Crippen LogP contribution in [-0.2, 0) is 6.61 Å². The van der Waals surface area contributed by atoms with Gasteiger partial charge in [0.05, 0.1) is 12.7 Å². The summed E-state index contributed by atoms with van der Waals surface area (Å²) in [5, 5.41) is 18.5. The monoisotopic (exact) mass is 274 g/mol. The van der Waals surface area contributed by atoms with Gasteiger partial charge < -0.3 is 19.7 Å². The zero-order valence-electron chi connectivity index (χ0n) is 10.9. The molecule has 2 aromatic rings. The molecule has 0 aliphatic heterocycles. The maximum atomic E-state index is 10.7. The van der Waals surface area contributed by atoms with Crippen LogP contribution in [0.5, 0.6) is 17.2 Å². The number of carbonyl (C=O) groups is 1. The smallest absolute Gasteiger partial charge is 0.335 e. The molecule has 0 radical (unpaired) electrons. The number of methoxy groups -OCH3 is 1. The average molecular weight is 274 g/mol. The Morgan fingerprint density at radius 3 is 2.40 bits per heavy atom. The van der Waals surface area contributed by atoms with E-state index < -0.39 is 5.97 Å². The van der Waals surface area contributed by atoms with Crippen molar-refractivity contribution < 1.29 is 24.5 Å². The Labute approximate surface area is 116 Å². The Morgan fingerprint density at radius 1 is 1.15 bits per heavy atom. The van der Waals surface area contributed by atoms with E-state index in [2.05, 4.69) is 0 Å². The van der Waals surface area contributed by atoms with E-state index in [1.54, 1.807) is 7.11 Å². The zero-order chi connectivity index (χ0) is 14.5. The lowest BCUT2D eigenvalue weighted by molar-refractivity contribution is 0.0696. The first-order valence-corrected chi connectivity index (χ1v) is 5.92. The second kappa shape index (κ2) is 5.97. The second-order valence-corrected chi connectivity index (χ2v) is 4.12. The number of hydrogen-bond acceptors (Lipinski definition) is 4. The number of ether oxygens (including phenoxy) is 2. The molecule has 20 heavy (non-hydrogen) atoms. The fraction of sp³-hybridized carbons (Fsp3) is 0.133. The topological polar surface area (TPSA) is 76.0 Å². The summed E-state index contributed by atoms with van der Waals surface area (Å²) < 4.78 is 10.5. The molecule has 5 heteroatoms. The number of phenolic OH excluding ortho intramolecular Hbond substituents is 1. The molecule has 2 aromatic carbocycles. The minimum atomic E-state index is -1.10. The zero-order valence-corrected chi connectivity index (χ0v) is 10.9. The molecule has 104 valence electrons. The van der Waals surface area contributed by atoms with Crippen molar-refractivity contribution in [1.29, 1.82) is 0 Å². The van der Waals surface area contributed by atoms with Gasteiger partial charge in [0.2, 0.25) is 0 Å². The summed E-state index contributed by atoms with van der Waals surface area (Å²) in [6.45, 7) is 0.268. The second-order valence-electron chi connectivity index (χ2n) is 4.12. The number of benzene rings is 2. The molecule has 0 saturated carbocycles. The van der Waals surface area contributed by atoms with E-state index in [1.807, 2.05) is 24.3 Å². The Hall–Kier alpha value is -2.69. The van der Waals surface area contributed by atoms with Gasteiger partial charge in [-0.25, -0.2) is 4.79 Å². The molecular weight excluding hydrogens is 260 g/mol. The van der Waals surface area contributed by atoms with Crippen LogP contribution >= 0.6 is 0 Å². The van der Waals surface area contributed by atoms with Crippen molar-refractivity contribution >= 4 is 5.97 Å². The summed E-state index contributed by atoms with van der Waals surface area (Å²) >= 11 is 0. The van der Waals surface area contributed by atoms with Crippen molar-refractivity contribution in [2.75, 3.05) is 7.11 Å². The molecule has 0 heterocycles. The number of aromatic carboxylic acids is 1. The third kappa shape index (κ3) is 3.20. The predicted molar refractivity (Wildman–Crippen MR) is 72.4 cm³/mol. The third-order valence-electron chi connectivity index (χ3n) is 2.76. The number of phenols is 1. The molecule has 0 spiro atoms. The van der Waals surface area contributed by atoms with Crippen LogP contribution in [0.4, 0.5) is 0 Å². The molecule has 0 aromatic heterocycles. The van der Waals surface area contributed by atoms with E-state index in [4.69, 9.17) is 14.6 Å². The first-order valence-electron chi connectivity index (χ1n) is 5.92. The maximum Gasteiger partial charge on any atom is 0.335 e. The average Bonchev–Trinajstić information content (AvgIpc) is 2.46. The molecule has 0 saturated heterocycles. The number of hydrogen-bond donors (Lipinski definition) is 2. The van der Waals surface area contributed by atoms with Crippen molar-refractivity contribution in [2.45, 2.75) is 6.61 Å². The Kier molecular flexibility index (Phi) is 4.10. The number of rotatable bonds is 5. The van der Waals surface area contributed by atoms with Gasteiger partial charge in [-0.05, 0) is 35.9 Å². The van der Waals surface area contributed by atoms with Gasteiger partial charge in [0, 0.05) is 0 Å². The van der Waals surface area contributed by atoms with E-state index >= 15 is 0 Å². The van der Waals surface area contributed by atoms with Gasteiger partial charge in [0.1, 0.15) is 12.4 Å². The van der Waals surface area contributed by atoms with Crippen molar-refractivity contribution in [3.8, 4) is 17.2 Å². The van der Waals surface area contributed by atoms with Gasteiger partial charge in [-0.15, -0.1) is 0 Å². The van der Waals surface area contributed by atoms with E-state index in [1.165, 1.54) is 12.1 Å². The van der Waals surface area contributed by atoms with Crippen LogP contribution in [0.3, 0.4) is 0 Å². The molecule has 5 nitrogen and oxygen atoms in total. The van der Waals surface area contributed by atoms with E-state index in [-0.39, 0.29) is 23.7 Å². The standard InChI is InChI=1S/C15H14O5/c1-19-12-5-2-10(3-6-12)9-20-14-7-4-11(15(17)18)8-13(14)16/h2-8,16H,9H2,1H3,(H,17,18). The quantitative estimate of drug-likeness (QED) is 0.876. The lowest BCUT2D eigenvalue weighted by atomic mass is 10.2.